The zero-order valence-corrected chi connectivity index (χ0v) is 9.26. The van der Waals surface area contributed by atoms with Gasteiger partial charge in [0.1, 0.15) is 5.82 Å². The van der Waals surface area contributed by atoms with E-state index in [4.69, 9.17) is 5.73 Å². The smallest absolute Gasteiger partial charge is 0.212 e. The fraction of sp³-hybridized carbons (Fsp3) is 0.625. The number of H-pyrrole nitrogens is 1. The zero-order chi connectivity index (χ0) is 11.1. The van der Waals surface area contributed by atoms with Crippen LogP contribution in [0.4, 0.5) is 0 Å². The number of nitrogens with zero attached hydrogens (tertiary/aromatic N) is 1. The van der Waals surface area contributed by atoms with Crippen molar-refractivity contribution in [2.75, 3.05) is 12.3 Å². The SMILES string of the molecule is NCCCCS(=O)(=O)NCc1ncc[nH]1. The van der Waals surface area contributed by atoms with Gasteiger partial charge in [-0.3, -0.25) is 0 Å². The summed E-state index contributed by atoms with van der Waals surface area (Å²) >= 11 is 0. The number of imidazole rings is 1. The van der Waals surface area contributed by atoms with E-state index in [0.29, 0.717) is 18.8 Å². The Hall–Kier alpha value is -0.920. The molecule has 1 rings (SSSR count). The molecule has 0 aliphatic carbocycles. The highest BCUT2D eigenvalue weighted by Crippen LogP contribution is 1.95. The number of aromatic nitrogens is 2. The predicted octanol–water partition coefficient (Wildman–Crippen LogP) is -0.432. The van der Waals surface area contributed by atoms with E-state index >= 15 is 0 Å². The third kappa shape index (κ3) is 4.91. The Balaban J connectivity index is 2.30. The number of sulfonamides is 1. The van der Waals surface area contributed by atoms with Gasteiger partial charge in [0.05, 0.1) is 12.3 Å². The second-order valence-electron chi connectivity index (χ2n) is 3.17. The van der Waals surface area contributed by atoms with Crippen LogP contribution < -0.4 is 10.5 Å². The normalized spacial score (nSPS) is 11.8. The lowest BCUT2D eigenvalue weighted by Gasteiger charge is -2.04. The molecule has 0 saturated heterocycles. The minimum absolute atomic E-state index is 0.116. The largest absolute Gasteiger partial charge is 0.347 e. The highest BCUT2D eigenvalue weighted by atomic mass is 32.2. The average molecular weight is 232 g/mol. The molecule has 7 heteroatoms. The van der Waals surface area contributed by atoms with Gasteiger partial charge in [0.15, 0.2) is 0 Å². The minimum Gasteiger partial charge on any atom is -0.347 e. The van der Waals surface area contributed by atoms with Crippen molar-refractivity contribution in [1.82, 2.24) is 14.7 Å². The summed E-state index contributed by atoms with van der Waals surface area (Å²) in [6, 6.07) is 0. The number of unbranched alkanes of at least 4 members (excludes halogenated alkanes) is 1. The topological polar surface area (TPSA) is 101 Å². The van der Waals surface area contributed by atoms with Gasteiger partial charge in [0, 0.05) is 12.4 Å². The minimum atomic E-state index is -3.20. The molecule has 0 aromatic carbocycles. The molecule has 0 aliphatic rings. The zero-order valence-electron chi connectivity index (χ0n) is 8.44. The van der Waals surface area contributed by atoms with Crippen molar-refractivity contribution in [2.24, 2.45) is 5.73 Å². The predicted molar refractivity (Wildman–Crippen MR) is 57.5 cm³/mol. The molecule has 0 saturated carbocycles. The van der Waals surface area contributed by atoms with Crippen LogP contribution in [-0.2, 0) is 16.6 Å². The van der Waals surface area contributed by atoms with Crippen LogP contribution in [0.25, 0.3) is 0 Å². The van der Waals surface area contributed by atoms with Gasteiger partial charge in [-0.1, -0.05) is 0 Å². The Labute approximate surface area is 89.3 Å². The van der Waals surface area contributed by atoms with Crippen LogP contribution in [0.2, 0.25) is 0 Å². The van der Waals surface area contributed by atoms with Gasteiger partial charge >= 0.3 is 0 Å². The lowest BCUT2D eigenvalue weighted by atomic mass is 10.3. The van der Waals surface area contributed by atoms with E-state index in [1.54, 1.807) is 12.4 Å². The first kappa shape index (κ1) is 12.2. The van der Waals surface area contributed by atoms with Crippen molar-refractivity contribution in [3.8, 4) is 0 Å². The molecule has 0 unspecified atom stereocenters. The molecule has 6 nitrogen and oxygen atoms in total. The summed E-state index contributed by atoms with van der Waals surface area (Å²) < 4.78 is 25.3. The fourth-order valence-electron chi connectivity index (χ4n) is 1.08. The van der Waals surface area contributed by atoms with Crippen LogP contribution in [0.3, 0.4) is 0 Å². The number of rotatable bonds is 7. The van der Waals surface area contributed by atoms with E-state index in [-0.39, 0.29) is 12.3 Å². The molecule has 0 atom stereocenters. The van der Waals surface area contributed by atoms with Gasteiger partial charge in [-0.15, -0.1) is 0 Å². The van der Waals surface area contributed by atoms with E-state index in [9.17, 15) is 8.42 Å². The summed E-state index contributed by atoms with van der Waals surface area (Å²) in [5, 5.41) is 0. The summed E-state index contributed by atoms with van der Waals surface area (Å²) in [5.74, 6) is 0.725. The number of nitrogens with one attached hydrogen (secondary N) is 2. The van der Waals surface area contributed by atoms with Gasteiger partial charge < -0.3 is 10.7 Å². The van der Waals surface area contributed by atoms with Crippen molar-refractivity contribution in [3.05, 3.63) is 18.2 Å². The first-order chi connectivity index (χ1) is 7.14. The second kappa shape index (κ2) is 5.84. The first-order valence-electron chi connectivity index (χ1n) is 4.80. The summed E-state index contributed by atoms with van der Waals surface area (Å²) in [7, 11) is -3.20. The lowest BCUT2D eigenvalue weighted by molar-refractivity contribution is 0.575. The molecule has 1 aromatic rings. The van der Waals surface area contributed by atoms with Gasteiger partial charge in [-0.05, 0) is 19.4 Å². The molecular weight excluding hydrogens is 216 g/mol. The van der Waals surface area contributed by atoms with Gasteiger partial charge in [-0.25, -0.2) is 18.1 Å². The molecule has 0 fully saturated rings. The molecule has 86 valence electrons. The molecule has 0 spiro atoms. The highest BCUT2D eigenvalue weighted by molar-refractivity contribution is 7.89. The van der Waals surface area contributed by atoms with Crippen LogP contribution >= 0.6 is 0 Å². The maximum Gasteiger partial charge on any atom is 0.212 e. The van der Waals surface area contributed by atoms with Crippen molar-refractivity contribution >= 4 is 10.0 Å². The Bertz CT molecular complexity index is 360. The highest BCUT2D eigenvalue weighted by Gasteiger charge is 2.09. The summed E-state index contributed by atoms with van der Waals surface area (Å²) in [5.41, 5.74) is 5.28. The van der Waals surface area contributed by atoms with E-state index in [0.717, 1.165) is 6.42 Å². The number of nitrogens with two attached hydrogens (primary N) is 1. The van der Waals surface area contributed by atoms with Crippen molar-refractivity contribution in [1.29, 1.82) is 0 Å². The second-order valence-corrected chi connectivity index (χ2v) is 5.10. The van der Waals surface area contributed by atoms with Gasteiger partial charge in [-0.2, -0.15) is 0 Å². The Morgan fingerprint density at radius 2 is 2.27 bits per heavy atom. The molecule has 0 bridgehead atoms. The molecule has 0 radical (unpaired) electrons. The Morgan fingerprint density at radius 1 is 1.47 bits per heavy atom. The van der Waals surface area contributed by atoms with Gasteiger partial charge in [0.25, 0.3) is 0 Å². The van der Waals surface area contributed by atoms with E-state index in [1.807, 2.05) is 0 Å². The molecule has 15 heavy (non-hydrogen) atoms. The molecule has 1 aromatic heterocycles. The Morgan fingerprint density at radius 3 is 2.87 bits per heavy atom. The van der Waals surface area contributed by atoms with Gasteiger partial charge in [0.2, 0.25) is 10.0 Å². The van der Waals surface area contributed by atoms with E-state index in [1.165, 1.54) is 0 Å². The number of aromatic amines is 1. The third-order valence-corrected chi connectivity index (χ3v) is 3.29. The van der Waals surface area contributed by atoms with Crippen LogP contribution in [0.1, 0.15) is 18.7 Å². The molecule has 4 N–H and O–H groups in total. The molecule has 1 heterocycles. The lowest BCUT2D eigenvalue weighted by Crippen LogP contribution is -2.26. The van der Waals surface area contributed by atoms with Crippen molar-refractivity contribution in [2.45, 2.75) is 19.4 Å². The summed E-state index contributed by atoms with van der Waals surface area (Å²) in [6.45, 7) is 0.728. The quantitative estimate of drug-likeness (QED) is 0.555. The van der Waals surface area contributed by atoms with Crippen molar-refractivity contribution in [3.63, 3.8) is 0 Å². The van der Waals surface area contributed by atoms with Crippen LogP contribution in [0, 0.1) is 0 Å². The molecule has 0 aliphatic heterocycles. The molecule has 0 amide bonds. The number of hydrogen-bond donors (Lipinski definition) is 3. The summed E-state index contributed by atoms with van der Waals surface area (Å²) in [4.78, 5) is 6.73. The molecular formula is C8H16N4O2S. The average Bonchev–Trinajstić information content (AvgIpc) is 2.68. The Kier molecular flexibility index (Phi) is 4.73. The third-order valence-electron chi connectivity index (χ3n) is 1.88. The standard InChI is InChI=1S/C8H16N4O2S/c9-3-1-2-6-15(13,14)12-7-8-10-4-5-11-8/h4-5,12H,1-3,6-7,9H2,(H,10,11). The van der Waals surface area contributed by atoms with Crippen molar-refractivity contribution < 1.29 is 8.42 Å². The fourth-order valence-corrected chi connectivity index (χ4v) is 2.17. The maximum absolute atomic E-state index is 11.4. The number of hydrogen-bond acceptors (Lipinski definition) is 4. The van der Waals surface area contributed by atoms with E-state index in [2.05, 4.69) is 14.7 Å². The summed E-state index contributed by atoms with van der Waals surface area (Å²) in [6.07, 6.45) is 4.54. The van der Waals surface area contributed by atoms with Crippen LogP contribution in [-0.4, -0.2) is 30.7 Å². The first-order valence-corrected chi connectivity index (χ1v) is 6.45. The van der Waals surface area contributed by atoms with Crippen LogP contribution in [0.15, 0.2) is 12.4 Å². The van der Waals surface area contributed by atoms with Crippen LogP contribution in [0.5, 0.6) is 0 Å². The monoisotopic (exact) mass is 232 g/mol. The van der Waals surface area contributed by atoms with E-state index < -0.39 is 10.0 Å². The maximum atomic E-state index is 11.4.